The van der Waals surface area contributed by atoms with Crippen LogP contribution in [0.2, 0.25) is 0 Å². The molecule has 0 spiro atoms. The van der Waals surface area contributed by atoms with E-state index in [1.54, 1.807) is 19.2 Å². The fourth-order valence-corrected chi connectivity index (χ4v) is 2.87. The fraction of sp³-hybridized carbons (Fsp3) is 0.333. The molecule has 0 heterocycles. The van der Waals surface area contributed by atoms with Crippen LogP contribution in [0.1, 0.15) is 35.3 Å². The Bertz CT molecular complexity index is 784. The molecule has 0 aliphatic carbocycles. The van der Waals surface area contributed by atoms with Crippen LogP contribution in [0.15, 0.2) is 42.5 Å². The second-order valence-corrected chi connectivity index (χ2v) is 6.21. The molecular formula is C21H27N3O3. The zero-order valence-corrected chi connectivity index (χ0v) is 16.3. The average molecular weight is 369 g/mol. The Labute approximate surface area is 160 Å². The zero-order chi connectivity index (χ0) is 19.8. The number of anilines is 1. The number of rotatable bonds is 7. The van der Waals surface area contributed by atoms with E-state index in [-0.39, 0.29) is 18.2 Å². The van der Waals surface area contributed by atoms with Gasteiger partial charge in [-0.1, -0.05) is 17.7 Å². The summed E-state index contributed by atoms with van der Waals surface area (Å²) >= 11 is 0. The number of benzene rings is 2. The lowest BCUT2D eigenvalue weighted by molar-refractivity contribution is -0.121. The molecule has 6 heteroatoms. The minimum atomic E-state index is -0.356. The normalized spacial score (nSPS) is 10.2. The molecule has 2 amide bonds. The lowest BCUT2D eigenvalue weighted by Gasteiger charge is -2.21. The summed E-state index contributed by atoms with van der Waals surface area (Å²) in [5.41, 5.74) is 8.27. The van der Waals surface area contributed by atoms with E-state index in [2.05, 4.69) is 29.6 Å². The molecule has 0 aliphatic heterocycles. The summed E-state index contributed by atoms with van der Waals surface area (Å²) < 4.78 is 5.27. The SMILES string of the molecule is CCN(CC)c1ccc(C(=O)NNC(=O)Cc2cc(C)ccc2OC)cc1. The molecular weight excluding hydrogens is 342 g/mol. The second kappa shape index (κ2) is 9.62. The summed E-state index contributed by atoms with van der Waals surface area (Å²) in [5.74, 6) is -0.0215. The van der Waals surface area contributed by atoms with Crippen molar-refractivity contribution in [3.63, 3.8) is 0 Å². The minimum Gasteiger partial charge on any atom is -0.496 e. The number of hydrogen-bond donors (Lipinski definition) is 2. The van der Waals surface area contributed by atoms with E-state index in [9.17, 15) is 9.59 Å². The molecule has 2 rings (SSSR count). The molecule has 0 radical (unpaired) electrons. The van der Waals surface area contributed by atoms with Crippen LogP contribution in [0.25, 0.3) is 0 Å². The van der Waals surface area contributed by atoms with Crippen molar-refractivity contribution in [1.82, 2.24) is 10.9 Å². The van der Waals surface area contributed by atoms with Gasteiger partial charge in [0, 0.05) is 29.9 Å². The van der Waals surface area contributed by atoms with Crippen molar-refractivity contribution in [1.29, 1.82) is 0 Å². The third kappa shape index (κ3) is 5.48. The molecule has 2 aromatic carbocycles. The van der Waals surface area contributed by atoms with Crippen LogP contribution in [-0.4, -0.2) is 32.0 Å². The van der Waals surface area contributed by atoms with Gasteiger partial charge < -0.3 is 9.64 Å². The van der Waals surface area contributed by atoms with E-state index >= 15 is 0 Å². The number of amides is 2. The number of aryl methyl sites for hydroxylation is 1. The number of nitrogens with one attached hydrogen (secondary N) is 2. The molecule has 144 valence electrons. The number of hydrogen-bond acceptors (Lipinski definition) is 4. The summed E-state index contributed by atoms with van der Waals surface area (Å²) in [6.07, 6.45) is 0.117. The van der Waals surface area contributed by atoms with Crippen LogP contribution >= 0.6 is 0 Å². The molecule has 0 aromatic heterocycles. The standard InChI is InChI=1S/C21H27N3O3/c1-5-24(6-2)18-10-8-16(9-11-18)21(26)23-22-20(25)14-17-13-15(3)7-12-19(17)27-4/h7-13H,5-6,14H2,1-4H3,(H,22,25)(H,23,26). The largest absolute Gasteiger partial charge is 0.496 e. The molecule has 0 bridgehead atoms. The summed E-state index contributed by atoms with van der Waals surface area (Å²) in [5, 5.41) is 0. The highest BCUT2D eigenvalue weighted by molar-refractivity contribution is 5.95. The van der Waals surface area contributed by atoms with Crippen molar-refractivity contribution in [3.8, 4) is 5.75 Å². The lowest BCUT2D eigenvalue weighted by atomic mass is 10.1. The van der Waals surface area contributed by atoms with Gasteiger partial charge in [0.15, 0.2) is 0 Å². The predicted molar refractivity (Wildman–Crippen MR) is 107 cm³/mol. The molecule has 6 nitrogen and oxygen atoms in total. The Balaban J connectivity index is 1.93. The van der Waals surface area contributed by atoms with Crippen molar-refractivity contribution >= 4 is 17.5 Å². The van der Waals surface area contributed by atoms with E-state index in [4.69, 9.17) is 4.74 Å². The van der Waals surface area contributed by atoms with Gasteiger partial charge in [-0.3, -0.25) is 20.4 Å². The quantitative estimate of drug-likeness (QED) is 0.737. The van der Waals surface area contributed by atoms with Crippen molar-refractivity contribution in [2.75, 3.05) is 25.1 Å². The predicted octanol–water partition coefficient (Wildman–Crippen LogP) is 2.85. The molecule has 0 fully saturated rings. The van der Waals surface area contributed by atoms with Crippen molar-refractivity contribution in [3.05, 3.63) is 59.2 Å². The van der Waals surface area contributed by atoms with Crippen molar-refractivity contribution < 1.29 is 14.3 Å². The highest BCUT2D eigenvalue weighted by atomic mass is 16.5. The monoisotopic (exact) mass is 369 g/mol. The third-order valence-corrected chi connectivity index (χ3v) is 4.36. The Morgan fingerprint density at radius 3 is 2.26 bits per heavy atom. The highest BCUT2D eigenvalue weighted by Gasteiger charge is 2.11. The Morgan fingerprint density at radius 2 is 1.67 bits per heavy atom. The Hall–Kier alpha value is -3.02. The van der Waals surface area contributed by atoms with Gasteiger partial charge >= 0.3 is 0 Å². The van der Waals surface area contributed by atoms with Crippen molar-refractivity contribution in [2.45, 2.75) is 27.2 Å². The van der Waals surface area contributed by atoms with E-state index in [1.807, 2.05) is 37.3 Å². The second-order valence-electron chi connectivity index (χ2n) is 6.21. The first-order chi connectivity index (χ1) is 13.0. The summed E-state index contributed by atoms with van der Waals surface area (Å²) in [6, 6.07) is 12.9. The smallest absolute Gasteiger partial charge is 0.269 e. The van der Waals surface area contributed by atoms with Crippen molar-refractivity contribution in [2.24, 2.45) is 0 Å². The molecule has 0 atom stereocenters. The maximum atomic E-state index is 12.2. The third-order valence-electron chi connectivity index (χ3n) is 4.36. The van der Waals surface area contributed by atoms with Crippen LogP contribution < -0.4 is 20.5 Å². The molecule has 0 saturated carbocycles. The minimum absolute atomic E-state index is 0.117. The van der Waals surface area contributed by atoms with E-state index in [1.165, 1.54) is 0 Å². The van der Waals surface area contributed by atoms with Crippen LogP contribution in [0.5, 0.6) is 5.75 Å². The summed E-state index contributed by atoms with van der Waals surface area (Å²) in [6.45, 7) is 7.93. The molecule has 2 N–H and O–H groups in total. The lowest BCUT2D eigenvalue weighted by Crippen LogP contribution is -2.42. The number of ether oxygens (including phenoxy) is 1. The molecule has 2 aromatic rings. The molecule has 0 unspecified atom stereocenters. The first-order valence-electron chi connectivity index (χ1n) is 9.06. The zero-order valence-electron chi connectivity index (χ0n) is 16.3. The van der Waals surface area contributed by atoms with Gasteiger partial charge in [0.2, 0.25) is 5.91 Å². The van der Waals surface area contributed by atoms with Gasteiger partial charge in [0.1, 0.15) is 5.75 Å². The van der Waals surface area contributed by atoms with E-state index in [0.717, 1.165) is 29.9 Å². The Morgan fingerprint density at radius 1 is 1.00 bits per heavy atom. The molecule has 0 saturated heterocycles. The Kier molecular flexibility index (Phi) is 7.23. The summed E-state index contributed by atoms with van der Waals surface area (Å²) in [4.78, 5) is 26.6. The van der Waals surface area contributed by atoms with E-state index < -0.39 is 0 Å². The number of carbonyl (C=O) groups is 2. The van der Waals surface area contributed by atoms with Gasteiger partial charge in [-0.15, -0.1) is 0 Å². The van der Waals surface area contributed by atoms with E-state index in [0.29, 0.717) is 11.3 Å². The van der Waals surface area contributed by atoms with Gasteiger partial charge in [-0.25, -0.2) is 0 Å². The molecule has 0 aliphatic rings. The fourth-order valence-electron chi connectivity index (χ4n) is 2.87. The number of nitrogens with zero attached hydrogens (tertiary/aromatic N) is 1. The number of hydrazine groups is 1. The highest BCUT2D eigenvalue weighted by Crippen LogP contribution is 2.20. The number of carbonyl (C=O) groups excluding carboxylic acids is 2. The van der Waals surface area contributed by atoms with Gasteiger partial charge in [-0.05, 0) is 51.1 Å². The van der Waals surface area contributed by atoms with Crippen LogP contribution in [0.4, 0.5) is 5.69 Å². The first-order valence-corrected chi connectivity index (χ1v) is 9.06. The average Bonchev–Trinajstić information content (AvgIpc) is 2.68. The maximum Gasteiger partial charge on any atom is 0.269 e. The maximum absolute atomic E-state index is 12.2. The van der Waals surface area contributed by atoms with Gasteiger partial charge in [-0.2, -0.15) is 0 Å². The van der Waals surface area contributed by atoms with Gasteiger partial charge in [0.25, 0.3) is 5.91 Å². The van der Waals surface area contributed by atoms with Crippen LogP contribution in [0, 0.1) is 6.92 Å². The topological polar surface area (TPSA) is 70.7 Å². The number of methoxy groups -OCH3 is 1. The van der Waals surface area contributed by atoms with Crippen LogP contribution in [-0.2, 0) is 11.2 Å². The summed E-state index contributed by atoms with van der Waals surface area (Å²) in [7, 11) is 1.57. The van der Waals surface area contributed by atoms with Crippen LogP contribution in [0.3, 0.4) is 0 Å². The molecule has 27 heavy (non-hydrogen) atoms. The first kappa shape index (κ1) is 20.3. The van der Waals surface area contributed by atoms with Gasteiger partial charge in [0.05, 0.1) is 13.5 Å².